The molecule has 0 fully saturated rings. The number of nitrogens with one attached hydrogen (secondary N) is 1. The fourth-order valence-corrected chi connectivity index (χ4v) is 4.93. The van der Waals surface area contributed by atoms with Gasteiger partial charge in [-0.3, -0.25) is 9.59 Å². The number of hydrogen-bond acceptors (Lipinski definition) is 6. The number of fused-ring (bicyclic) bond motifs is 1. The van der Waals surface area contributed by atoms with E-state index >= 15 is 0 Å². The minimum Gasteiger partial charge on any atom is -0.490 e. The van der Waals surface area contributed by atoms with E-state index in [0.29, 0.717) is 62.0 Å². The van der Waals surface area contributed by atoms with E-state index in [2.05, 4.69) is 49.2 Å². The zero-order valence-corrected chi connectivity index (χ0v) is 25.8. The Morgan fingerprint density at radius 1 is 1.10 bits per heavy atom. The Hall–Kier alpha value is -3.21. The lowest BCUT2D eigenvalue weighted by Crippen LogP contribution is -2.22. The first-order chi connectivity index (χ1) is 19.3. The molecule has 0 spiro atoms. The lowest BCUT2D eigenvalue weighted by Gasteiger charge is -2.15. The highest BCUT2D eigenvalue weighted by molar-refractivity contribution is 9.10. The molecule has 40 heavy (non-hydrogen) atoms. The molecule has 0 radical (unpaired) electrons. The van der Waals surface area contributed by atoms with Crippen LogP contribution in [-0.4, -0.2) is 35.0 Å². The molecule has 1 aromatic heterocycles. The summed E-state index contributed by atoms with van der Waals surface area (Å²) in [5.41, 5.74) is 1.66. The van der Waals surface area contributed by atoms with Crippen LogP contribution in [0, 0.1) is 0 Å². The maximum atomic E-state index is 13.4. The first-order valence-electron chi connectivity index (χ1n) is 12.7. The zero-order valence-electron chi connectivity index (χ0n) is 21.9. The second-order valence-corrected chi connectivity index (χ2v) is 11.0. The van der Waals surface area contributed by atoms with Gasteiger partial charge >= 0.3 is 0 Å². The van der Waals surface area contributed by atoms with Crippen LogP contribution in [-0.2, 0) is 11.2 Å². The van der Waals surface area contributed by atoms with Crippen molar-refractivity contribution in [1.29, 1.82) is 0 Å². The van der Waals surface area contributed by atoms with E-state index in [9.17, 15) is 9.59 Å². The van der Waals surface area contributed by atoms with Crippen molar-refractivity contribution in [2.75, 3.05) is 18.5 Å². The molecular weight excluding hydrogens is 664 g/mol. The number of rotatable bonds is 11. The highest BCUT2D eigenvalue weighted by Crippen LogP contribution is 2.36. The molecule has 0 aliphatic carbocycles. The van der Waals surface area contributed by atoms with Crippen molar-refractivity contribution in [1.82, 2.24) is 9.66 Å². The van der Waals surface area contributed by atoms with E-state index in [1.165, 1.54) is 4.68 Å². The molecule has 4 aromatic rings. The number of aryl methyl sites for hydroxylation is 1. The first kappa shape index (κ1) is 29.8. The van der Waals surface area contributed by atoms with E-state index in [4.69, 9.17) is 26.1 Å². The molecule has 4 rings (SSSR count). The summed E-state index contributed by atoms with van der Waals surface area (Å²) in [6.07, 6.45) is 4.03. The average molecular weight is 691 g/mol. The van der Waals surface area contributed by atoms with Gasteiger partial charge in [0, 0.05) is 21.6 Å². The van der Waals surface area contributed by atoms with Gasteiger partial charge in [-0.1, -0.05) is 40.9 Å². The maximum absolute atomic E-state index is 13.4. The quantitative estimate of drug-likeness (QED) is 0.168. The predicted molar refractivity (Wildman–Crippen MR) is 166 cm³/mol. The van der Waals surface area contributed by atoms with Gasteiger partial charge in [0.1, 0.15) is 5.82 Å². The van der Waals surface area contributed by atoms with Gasteiger partial charge in [-0.05, 0) is 89.4 Å². The number of anilines is 1. The molecule has 208 valence electrons. The number of unbranched alkanes of at least 4 members (excludes halogenated alkanes) is 1. The van der Waals surface area contributed by atoms with Crippen LogP contribution in [0.25, 0.3) is 10.9 Å². The summed E-state index contributed by atoms with van der Waals surface area (Å²) in [4.78, 5) is 30.5. The molecule has 1 N–H and O–H groups in total. The summed E-state index contributed by atoms with van der Waals surface area (Å²) in [5.74, 6) is 1.06. The Labute approximate surface area is 253 Å². The van der Waals surface area contributed by atoms with Crippen molar-refractivity contribution in [3.63, 3.8) is 0 Å². The minimum absolute atomic E-state index is 0.233. The van der Waals surface area contributed by atoms with Gasteiger partial charge in [0.25, 0.3) is 11.5 Å². The number of aromatic nitrogens is 2. The highest BCUT2D eigenvalue weighted by atomic mass is 79.9. The van der Waals surface area contributed by atoms with Crippen LogP contribution < -0.4 is 20.3 Å². The van der Waals surface area contributed by atoms with Crippen molar-refractivity contribution in [2.45, 2.75) is 33.1 Å². The molecular formula is C29H27Br2ClN4O4. The first-order valence-corrected chi connectivity index (χ1v) is 14.7. The summed E-state index contributed by atoms with van der Waals surface area (Å²) in [6.45, 7) is 4.08. The van der Waals surface area contributed by atoms with Crippen LogP contribution in [0.5, 0.6) is 11.5 Å². The zero-order chi connectivity index (χ0) is 28.6. The highest BCUT2D eigenvalue weighted by Gasteiger charge is 2.15. The van der Waals surface area contributed by atoms with Crippen molar-refractivity contribution in [2.24, 2.45) is 5.10 Å². The third-order valence-corrected chi connectivity index (χ3v) is 7.09. The Morgan fingerprint density at radius 3 is 2.60 bits per heavy atom. The maximum Gasteiger partial charge on any atom is 0.282 e. The van der Waals surface area contributed by atoms with Gasteiger partial charge in [0.15, 0.2) is 18.1 Å². The third-order valence-electron chi connectivity index (χ3n) is 5.76. The summed E-state index contributed by atoms with van der Waals surface area (Å²) in [7, 11) is 0. The average Bonchev–Trinajstić information content (AvgIpc) is 2.93. The number of halogens is 3. The monoisotopic (exact) mass is 688 g/mol. The summed E-state index contributed by atoms with van der Waals surface area (Å²) < 4.78 is 14.3. The van der Waals surface area contributed by atoms with Crippen molar-refractivity contribution in [3.8, 4) is 11.5 Å². The van der Waals surface area contributed by atoms with Crippen LogP contribution in [0.3, 0.4) is 0 Å². The summed E-state index contributed by atoms with van der Waals surface area (Å²) in [6, 6.07) is 15.8. The number of nitrogens with zero attached hydrogens (tertiary/aromatic N) is 3. The summed E-state index contributed by atoms with van der Waals surface area (Å²) >= 11 is 12.9. The van der Waals surface area contributed by atoms with Crippen LogP contribution in [0.1, 0.15) is 38.1 Å². The van der Waals surface area contributed by atoms with E-state index in [0.717, 1.165) is 17.3 Å². The molecule has 0 saturated heterocycles. The molecule has 0 aliphatic rings. The van der Waals surface area contributed by atoms with Crippen LogP contribution >= 0.6 is 43.5 Å². The lowest BCUT2D eigenvalue weighted by molar-refractivity contribution is -0.118. The Kier molecular flexibility index (Phi) is 10.4. The third kappa shape index (κ3) is 7.50. The molecule has 0 saturated carbocycles. The molecule has 11 heteroatoms. The fourth-order valence-electron chi connectivity index (χ4n) is 3.87. The van der Waals surface area contributed by atoms with Crippen molar-refractivity contribution < 1.29 is 14.3 Å². The van der Waals surface area contributed by atoms with Gasteiger partial charge in [0.2, 0.25) is 0 Å². The smallest absolute Gasteiger partial charge is 0.282 e. The van der Waals surface area contributed by atoms with Crippen LogP contribution in [0.2, 0.25) is 5.02 Å². The Bertz CT molecular complexity index is 1610. The Balaban J connectivity index is 1.60. The molecule has 0 atom stereocenters. The SMILES string of the molecule is CCCCc1nc2ccc(Br)cc2c(=O)n1N=Cc1cc(Br)c(OCC(=O)Nc2ccc(Cl)cc2)c(OCC)c1. The van der Waals surface area contributed by atoms with Gasteiger partial charge < -0.3 is 14.8 Å². The van der Waals surface area contributed by atoms with Crippen LogP contribution in [0.15, 0.2) is 73.4 Å². The van der Waals surface area contributed by atoms with Crippen LogP contribution in [0.4, 0.5) is 5.69 Å². The van der Waals surface area contributed by atoms with E-state index in [1.807, 2.05) is 19.1 Å². The summed E-state index contributed by atoms with van der Waals surface area (Å²) in [5, 5.41) is 8.33. The second kappa shape index (κ2) is 13.9. The number of benzene rings is 3. The second-order valence-electron chi connectivity index (χ2n) is 8.76. The topological polar surface area (TPSA) is 94.8 Å². The lowest BCUT2D eigenvalue weighted by atomic mass is 10.2. The molecule has 3 aromatic carbocycles. The van der Waals surface area contributed by atoms with Crippen molar-refractivity contribution >= 4 is 72.2 Å². The van der Waals surface area contributed by atoms with Gasteiger partial charge in [0.05, 0.1) is 28.2 Å². The Morgan fingerprint density at radius 2 is 1.88 bits per heavy atom. The number of carbonyl (C=O) groups is 1. The molecule has 0 unspecified atom stereocenters. The van der Waals surface area contributed by atoms with Crippen molar-refractivity contribution in [3.05, 3.63) is 90.3 Å². The number of amides is 1. The largest absolute Gasteiger partial charge is 0.490 e. The standard InChI is InChI=1S/C29H27Br2ClN4O4/c1-3-5-6-26-35-24-12-7-19(30)15-22(24)29(38)36(26)33-16-18-13-23(31)28(25(14-18)39-4-2)40-17-27(37)34-21-10-8-20(32)9-11-21/h7-16H,3-6,17H2,1-2H3,(H,34,37). The number of carbonyl (C=O) groups excluding carboxylic acids is 1. The number of hydrogen-bond donors (Lipinski definition) is 1. The normalized spacial score (nSPS) is 11.2. The molecule has 8 nitrogen and oxygen atoms in total. The van der Waals surface area contributed by atoms with E-state index in [-0.39, 0.29) is 18.1 Å². The molecule has 1 heterocycles. The molecule has 0 bridgehead atoms. The fraction of sp³-hybridized carbons (Fsp3) is 0.241. The van der Waals surface area contributed by atoms with E-state index < -0.39 is 0 Å². The van der Waals surface area contributed by atoms with E-state index in [1.54, 1.807) is 48.7 Å². The minimum atomic E-state index is -0.336. The van der Waals surface area contributed by atoms with Gasteiger partial charge in [-0.2, -0.15) is 9.78 Å². The van der Waals surface area contributed by atoms with Gasteiger partial charge in [-0.15, -0.1) is 0 Å². The predicted octanol–water partition coefficient (Wildman–Crippen LogP) is 7.22. The molecule has 0 aliphatic heterocycles. The number of ether oxygens (including phenoxy) is 2. The van der Waals surface area contributed by atoms with Gasteiger partial charge in [-0.25, -0.2) is 4.98 Å². The molecule has 1 amide bonds.